The van der Waals surface area contributed by atoms with Crippen molar-refractivity contribution in [3.63, 3.8) is 0 Å². The smallest absolute Gasteiger partial charge is 0.296 e. The van der Waals surface area contributed by atoms with Crippen molar-refractivity contribution in [1.82, 2.24) is 34.4 Å². The molecule has 2 aliphatic rings. The Morgan fingerprint density at radius 2 is 1.74 bits per heavy atom. The zero-order chi connectivity index (χ0) is 29.8. The molecule has 4 aromatic rings. The average Bonchev–Trinajstić information content (AvgIpc) is 3.45. The van der Waals surface area contributed by atoms with E-state index in [0.29, 0.717) is 67.1 Å². The van der Waals surface area contributed by atoms with Crippen LogP contribution in [0, 0.1) is 0 Å². The van der Waals surface area contributed by atoms with Gasteiger partial charge in [-0.25, -0.2) is 18.7 Å². The van der Waals surface area contributed by atoms with E-state index in [4.69, 9.17) is 29.9 Å². The molecule has 6 rings (SSSR count). The van der Waals surface area contributed by atoms with E-state index < -0.39 is 12.2 Å². The molecule has 0 spiro atoms. The van der Waals surface area contributed by atoms with Gasteiger partial charge in [-0.1, -0.05) is 6.07 Å². The number of methoxy groups -OCH3 is 1. The fourth-order valence-electron chi connectivity index (χ4n) is 5.22. The standard InChI is InChI=1S/C28H34F2N10O3/c1-41-21-5-2-4-20-22(21)34-26(23(29)30)40(20)28-36-25(35-27(37-28)39-10-14-43-15-11-39)19-16-18(31)17-33-24(19)32-6-3-7-38-8-12-42-13-9-38/h2,4-5,16-17,23H,3,6-15,31H2,1H3,(H,32,33). The van der Waals surface area contributed by atoms with E-state index in [0.717, 1.165) is 39.3 Å². The highest BCUT2D eigenvalue weighted by Gasteiger charge is 2.26. The van der Waals surface area contributed by atoms with Gasteiger partial charge in [-0.05, 0) is 31.2 Å². The second-order valence-electron chi connectivity index (χ2n) is 10.2. The van der Waals surface area contributed by atoms with Crippen molar-refractivity contribution in [2.24, 2.45) is 0 Å². The Hall–Kier alpha value is -4.21. The molecule has 2 saturated heterocycles. The minimum Gasteiger partial charge on any atom is -0.494 e. The maximum Gasteiger partial charge on any atom is 0.296 e. The number of fused-ring (bicyclic) bond motifs is 1. The topological polar surface area (TPSA) is 142 Å². The number of pyridine rings is 1. The monoisotopic (exact) mass is 596 g/mol. The number of hydrogen-bond donors (Lipinski definition) is 2. The number of halogens is 2. The van der Waals surface area contributed by atoms with Crippen LogP contribution in [0.5, 0.6) is 5.75 Å². The van der Waals surface area contributed by atoms with E-state index >= 15 is 0 Å². The minimum absolute atomic E-state index is 0.00163. The van der Waals surface area contributed by atoms with Crippen molar-refractivity contribution in [1.29, 1.82) is 0 Å². The molecule has 43 heavy (non-hydrogen) atoms. The highest BCUT2D eigenvalue weighted by atomic mass is 19.3. The number of rotatable bonds is 10. The van der Waals surface area contributed by atoms with E-state index in [1.165, 1.54) is 11.7 Å². The molecule has 0 atom stereocenters. The summed E-state index contributed by atoms with van der Waals surface area (Å²) < 4.78 is 46.5. The predicted octanol–water partition coefficient (Wildman–Crippen LogP) is 2.77. The fourth-order valence-corrected chi connectivity index (χ4v) is 5.22. The number of nitrogens with zero attached hydrogens (tertiary/aromatic N) is 8. The Labute approximate surface area is 247 Å². The molecule has 2 aliphatic heterocycles. The first kappa shape index (κ1) is 28.9. The number of morpholine rings is 2. The number of para-hydroxylation sites is 1. The van der Waals surface area contributed by atoms with Crippen LogP contribution in [0.2, 0.25) is 0 Å². The van der Waals surface area contributed by atoms with Crippen LogP contribution in [0.4, 0.5) is 26.2 Å². The summed E-state index contributed by atoms with van der Waals surface area (Å²) in [5, 5.41) is 3.39. The van der Waals surface area contributed by atoms with E-state index in [2.05, 4.69) is 25.2 Å². The number of nitrogens with two attached hydrogens (primary N) is 1. The Kier molecular flexibility index (Phi) is 8.72. The molecular weight excluding hydrogens is 562 g/mol. The first-order valence-electron chi connectivity index (χ1n) is 14.2. The minimum atomic E-state index is -2.90. The molecule has 0 radical (unpaired) electrons. The third-order valence-corrected chi connectivity index (χ3v) is 7.39. The molecule has 0 saturated carbocycles. The third-order valence-electron chi connectivity index (χ3n) is 7.39. The maximum atomic E-state index is 14.4. The molecule has 0 amide bonds. The molecule has 3 N–H and O–H groups in total. The molecule has 13 nitrogen and oxygen atoms in total. The fraction of sp³-hybridized carbons (Fsp3) is 0.464. The molecule has 228 valence electrons. The lowest BCUT2D eigenvalue weighted by Gasteiger charge is -2.27. The van der Waals surface area contributed by atoms with Crippen LogP contribution in [-0.2, 0) is 9.47 Å². The number of anilines is 3. The Bertz CT molecular complexity index is 1560. The zero-order valence-corrected chi connectivity index (χ0v) is 23.9. The van der Waals surface area contributed by atoms with Crippen LogP contribution in [0.3, 0.4) is 0 Å². The summed E-state index contributed by atoms with van der Waals surface area (Å²) in [7, 11) is 1.47. The molecule has 0 bridgehead atoms. The van der Waals surface area contributed by atoms with Crippen LogP contribution < -0.4 is 20.7 Å². The summed E-state index contributed by atoms with van der Waals surface area (Å²) in [5.74, 6) is 0.966. The van der Waals surface area contributed by atoms with Gasteiger partial charge in [0.25, 0.3) is 6.43 Å². The van der Waals surface area contributed by atoms with Crippen LogP contribution in [-0.4, -0.2) is 107 Å². The van der Waals surface area contributed by atoms with Gasteiger partial charge in [0, 0.05) is 32.7 Å². The molecule has 3 aromatic heterocycles. The van der Waals surface area contributed by atoms with Crippen molar-refractivity contribution in [2.75, 3.05) is 88.8 Å². The van der Waals surface area contributed by atoms with Crippen LogP contribution in [0.15, 0.2) is 30.5 Å². The van der Waals surface area contributed by atoms with Crippen molar-refractivity contribution >= 4 is 28.5 Å². The van der Waals surface area contributed by atoms with Gasteiger partial charge in [-0.15, -0.1) is 0 Å². The van der Waals surface area contributed by atoms with Gasteiger partial charge in [0.05, 0.1) is 56.5 Å². The summed E-state index contributed by atoms with van der Waals surface area (Å²) in [6, 6.07) is 6.78. The molecule has 0 aliphatic carbocycles. The van der Waals surface area contributed by atoms with Gasteiger partial charge in [-0.2, -0.15) is 15.0 Å². The second-order valence-corrected chi connectivity index (χ2v) is 10.2. The van der Waals surface area contributed by atoms with Crippen LogP contribution in [0.1, 0.15) is 18.7 Å². The quantitative estimate of drug-likeness (QED) is 0.260. The lowest BCUT2D eigenvalue weighted by Crippen LogP contribution is -2.37. The van der Waals surface area contributed by atoms with E-state index in [9.17, 15) is 8.78 Å². The summed E-state index contributed by atoms with van der Waals surface area (Å²) in [6.07, 6.45) is -0.460. The molecular formula is C28H34F2N10O3. The molecule has 15 heteroatoms. The number of nitrogen functional groups attached to an aromatic ring is 1. The van der Waals surface area contributed by atoms with Crippen LogP contribution >= 0.6 is 0 Å². The number of alkyl halides is 2. The third kappa shape index (κ3) is 6.28. The number of aromatic nitrogens is 6. The Balaban J connectivity index is 1.41. The molecule has 1 aromatic carbocycles. The van der Waals surface area contributed by atoms with Gasteiger partial charge in [0.2, 0.25) is 11.9 Å². The predicted molar refractivity (Wildman–Crippen MR) is 157 cm³/mol. The van der Waals surface area contributed by atoms with Gasteiger partial charge >= 0.3 is 0 Å². The van der Waals surface area contributed by atoms with Crippen molar-refractivity contribution in [3.8, 4) is 23.1 Å². The van der Waals surface area contributed by atoms with Crippen molar-refractivity contribution < 1.29 is 23.0 Å². The summed E-state index contributed by atoms with van der Waals surface area (Å²) in [4.78, 5) is 27.2. The number of ether oxygens (including phenoxy) is 3. The van der Waals surface area contributed by atoms with E-state index in [1.807, 2.05) is 4.90 Å². The SMILES string of the molecule is COc1cccc2c1nc(C(F)F)n2-c1nc(-c2cc(N)cnc2NCCCN2CCOCC2)nc(N2CCOCC2)n1. The molecule has 2 fully saturated rings. The average molecular weight is 597 g/mol. The van der Waals surface area contributed by atoms with Gasteiger partial charge in [0.15, 0.2) is 11.6 Å². The first-order valence-corrected chi connectivity index (χ1v) is 14.2. The van der Waals surface area contributed by atoms with Gasteiger partial charge < -0.3 is 30.2 Å². The van der Waals surface area contributed by atoms with Gasteiger partial charge in [0.1, 0.15) is 17.1 Å². The summed E-state index contributed by atoms with van der Waals surface area (Å²) in [6.45, 7) is 6.93. The Morgan fingerprint density at radius 1 is 1.00 bits per heavy atom. The lowest BCUT2D eigenvalue weighted by molar-refractivity contribution is 0.0378. The second kappa shape index (κ2) is 13.0. The summed E-state index contributed by atoms with van der Waals surface area (Å²) >= 11 is 0. The van der Waals surface area contributed by atoms with Crippen molar-refractivity contribution in [2.45, 2.75) is 12.8 Å². The number of imidazole rings is 1. The number of benzene rings is 1. The first-order chi connectivity index (χ1) is 21.0. The number of hydrogen-bond acceptors (Lipinski definition) is 12. The van der Waals surface area contributed by atoms with Crippen LogP contribution in [0.25, 0.3) is 28.4 Å². The van der Waals surface area contributed by atoms with Gasteiger partial charge in [-0.3, -0.25) is 9.47 Å². The highest BCUT2D eigenvalue weighted by Crippen LogP contribution is 2.33. The van der Waals surface area contributed by atoms with E-state index in [1.54, 1.807) is 30.5 Å². The number of nitrogens with one attached hydrogen (secondary N) is 1. The largest absolute Gasteiger partial charge is 0.494 e. The van der Waals surface area contributed by atoms with Crippen molar-refractivity contribution in [3.05, 3.63) is 36.3 Å². The maximum absolute atomic E-state index is 14.4. The summed E-state index contributed by atoms with van der Waals surface area (Å²) in [5.41, 5.74) is 7.77. The molecule has 0 unspecified atom stereocenters. The normalized spacial score (nSPS) is 16.2. The highest BCUT2D eigenvalue weighted by molar-refractivity contribution is 5.84. The molecule has 5 heterocycles. The zero-order valence-electron chi connectivity index (χ0n) is 23.9. The van der Waals surface area contributed by atoms with E-state index in [-0.39, 0.29) is 17.3 Å². The Morgan fingerprint density at radius 3 is 2.49 bits per heavy atom. The lowest BCUT2D eigenvalue weighted by atomic mass is 10.2.